The number of hydrogen-bond acceptors (Lipinski definition) is 4. The Morgan fingerprint density at radius 2 is 1.08 bits per heavy atom. The normalized spacial score (nSPS) is 10.4. The largest absolute Gasteiger partial charge is 0.465 e. The van der Waals surface area contributed by atoms with Crippen molar-refractivity contribution in [1.82, 2.24) is 0 Å². The highest BCUT2D eigenvalue weighted by molar-refractivity contribution is 5.96. The summed E-state index contributed by atoms with van der Waals surface area (Å²) in [5, 5.41) is 0. The number of ether oxygens (including phenoxy) is 2. The molecule has 0 spiro atoms. The maximum Gasteiger partial charge on any atom is 0.338 e. The van der Waals surface area contributed by atoms with Crippen LogP contribution in [0.3, 0.4) is 0 Å². The van der Waals surface area contributed by atoms with Crippen LogP contribution in [0.2, 0.25) is 0 Å². The van der Waals surface area contributed by atoms with Crippen LogP contribution in [0.4, 0.5) is 8.78 Å². The topological polar surface area (TPSA) is 52.6 Å². The molecule has 2 aromatic carbocycles. The van der Waals surface area contributed by atoms with Crippen LogP contribution in [0.15, 0.2) is 24.3 Å². The highest BCUT2D eigenvalue weighted by Gasteiger charge is 2.20. The van der Waals surface area contributed by atoms with E-state index in [1.807, 2.05) is 0 Å². The molecule has 0 unspecified atom stereocenters. The predicted octanol–water partition coefficient (Wildman–Crippen LogP) is 3.82. The van der Waals surface area contributed by atoms with Crippen LogP contribution in [-0.2, 0) is 9.47 Å². The Labute approximate surface area is 138 Å². The molecule has 24 heavy (non-hydrogen) atoms. The molecule has 0 heterocycles. The van der Waals surface area contributed by atoms with Gasteiger partial charge in [-0.1, -0.05) is 0 Å². The third-order valence-electron chi connectivity index (χ3n) is 3.85. The van der Waals surface area contributed by atoms with E-state index in [0.29, 0.717) is 22.3 Å². The van der Waals surface area contributed by atoms with E-state index in [1.165, 1.54) is 26.4 Å². The van der Waals surface area contributed by atoms with Crippen LogP contribution in [-0.4, -0.2) is 26.2 Å². The van der Waals surface area contributed by atoms with Crippen LogP contribution in [0.25, 0.3) is 11.1 Å². The predicted molar refractivity (Wildman–Crippen MR) is 83.9 cm³/mol. The molecule has 2 aromatic rings. The van der Waals surface area contributed by atoms with Crippen molar-refractivity contribution in [2.45, 2.75) is 13.8 Å². The third-order valence-corrected chi connectivity index (χ3v) is 3.85. The maximum absolute atomic E-state index is 14.0. The lowest BCUT2D eigenvalue weighted by Gasteiger charge is -2.15. The Kier molecular flexibility index (Phi) is 4.97. The van der Waals surface area contributed by atoms with Gasteiger partial charge in [0.2, 0.25) is 0 Å². The molecule has 0 aliphatic carbocycles. The summed E-state index contributed by atoms with van der Waals surface area (Å²) in [5.41, 5.74) is 1.53. The van der Waals surface area contributed by atoms with Gasteiger partial charge in [-0.25, -0.2) is 18.4 Å². The van der Waals surface area contributed by atoms with E-state index in [2.05, 4.69) is 9.47 Å². The fourth-order valence-electron chi connectivity index (χ4n) is 2.56. The maximum atomic E-state index is 14.0. The molecule has 0 saturated heterocycles. The summed E-state index contributed by atoms with van der Waals surface area (Å²) >= 11 is 0. The fraction of sp³-hybridized carbons (Fsp3) is 0.222. The summed E-state index contributed by atoms with van der Waals surface area (Å²) in [6.45, 7) is 3.20. The van der Waals surface area contributed by atoms with Gasteiger partial charge in [-0.2, -0.15) is 0 Å². The van der Waals surface area contributed by atoms with E-state index < -0.39 is 23.6 Å². The first kappa shape index (κ1) is 17.6. The molecule has 2 rings (SSSR count). The van der Waals surface area contributed by atoms with E-state index >= 15 is 0 Å². The molecule has 126 valence electrons. The summed E-state index contributed by atoms with van der Waals surface area (Å²) in [4.78, 5) is 23.6. The van der Waals surface area contributed by atoms with Crippen molar-refractivity contribution in [2.75, 3.05) is 14.2 Å². The van der Waals surface area contributed by atoms with Crippen molar-refractivity contribution in [3.8, 4) is 11.1 Å². The number of halogens is 2. The SMILES string of the molecule is COC(=O)c1cc(F)cc(-c2cc(F)cc(C(=O)OC)c2C)c1C. The van der Waals surface area contributed by atoms with Gasteiger partial charge in [0.15, 0.2) is 0 Å². The number of carbonyl (C=O) groups is 2. The van der Waals surface area contributed by atoms with E-state index in [-0.39, 0.29) is 11.1 Å². The van der Waals surface area contributed by atoms with Gasteiger partial charge in [0.05, 0.1) is 25.3 Å². The average molecular weight is 334 g/mol. The number of hydrogen-bond donors (Lipinski definition) is 0. The minimum Gasteiger partial charge on any atom is -0.465 e. The van der Waals surface area contributed by atoms with Crippen molar-refractivity contribution < 1.29 is 27.8 Å². The van der Waals surface area contributed by atoms with Crippen molar-refractivity contribution in [1.29, 1.82) is 0 Å². The van der Waals surface area contributed by atoms with Crippen molar-refractivity contribution in [3.63, 3.8) is 0 Å². The molecule has 0 atom stereocenters. The smallest absolute Gasteiger partial charge is 0.338 e. The van der Waals surface area contributed by atoms with Gasteiger partial charge in [-0.3, -0.25) is 0 Å². The number of benzene rings is 2. The lowest BCUT2D eigenvalue weighted by molar-refractivity contribution is 0.0590. The average Bonchev–Trinajstić information content (AvgIpc) is 2.56. The van der Waals surface area contributed by atoms with Crippen molar-refractivity contribution in [3.05, 3.63) is 58.2 Å². The summed E-state index contributed by atoms with van der Waals surface area (Å²) in [6, 6.07) is 4.48. The Bertz CT molecular complexity index is 759. The second kappa shape index (κ2) is 6.78. The molecule has 0 N–H and O–H groups in total. The molecule has 6 heteroatoms. The Hall–Kier alpha value is -2.76. The van der Waals surface area contributed by atoms with Gasteiger partial charge in [-0.15, -0.1) is 0 Å². The zero-order valence-electron chi connectivity index (χ0n) is 13.7. The Morgan fingerprint density at radius 3 is 1.38 bits per heavy atom. The number of methoxy groups -OCH3 is 2. The summed E-state index contributed by atoms with van der Waals surface area (Å²) in [7, 11) is 2.38. The lowest BCUT2D eigenvalue weighted by atomic mass is 9.91. The monoisotopic (exact) mass is 334 g/mol. The Morgan fingerprint density at radius 1 is 0.750 bits per heavy atom. The number of rotatable bonds is 3. The Balaban J connectivity index is 2.78. The van der Waals surface area contributed by atoms with Crippen LogP contribution < -0.4 is 0 Å². The molecule has 0 aromatic heterocycles. The summed E-state index contributed by atoms with van der Waals surface area (Å²) in [6.07, 6.45) is 0. The number of esters is 2. The minimum atomic E-state index is -0.699. The first-order valence-electron chi connectivity index (χ1n) is 7.07. The van der Waals surface area contributed by atoms with Gasteiger partial charge in [0, 0.05) is 0 Å². The second-order valence-corrected chi connectivity index (χ2v) is 5.23. The molecule has 0 aliphatic rings. The zero-order chi connectivity index (χ0) is 18.0. The molecule has 0 saturated carbocycles. The van der Waals surface area contributed by atoms with E-state index in [4.69, 9.17) is 0 Å². The molecule has 0 aliphatic heterocycles. The highest BCUT2D eigenvalue weighted by Crippen LogP contribution is 2.32. The summed E-state index contributed by atoms with van der Waals surface area (Å²) in [5.74, 6) is -2.73. The quantitative estimate of drug-likeness (QED) is 0.801. The van der Waals surface area contributed by atoms with Crippen molar-refractivity contribution in [2.24, 2.45) is 0 Å². The first-order chi connectivity index (χ1) is 11.3. The van der Waals surface area contributed by atoms with Gasteiger partial charge in [-0.05, 0) is 60.4 Å². The molecular formula is C18H16F2O4. The minimum absolute atomic E-state index is 0.0378. The van der Waals surface area contributed by atoms with Gasteiger partial charge in [0.25, 0.3) is 0 Å². The van der Waals surface area contributed by atoms with Gasteiger partial charge in [0.1, 0.15) is 11.6 Å². The van der Waals surface area contributed by atoms with Crippen LogP contribution >= 0.6 is 0 Å². The zero-order valence-corrected chi connectivity index (χ0v) is 13.7. The van der Waals surface area contributed by atoms with Crippen LogP contribution in [0, 0.1) is 25.5 Å². The molecule has 0 fully saturated rings. The third kappa shape index (κ3) is 3.13. The standard InChI is InChI=1S/C18H16F2O4/c1-9-13(5-11(19)7-15(9)17(21)23-3)14-6-12(20)8-16(10(14)2)18(22)24-4/h5-8H,1-4H3. The second-order valence-electron chi connectivity index (χ2n) is 5.23. The molecule has 0 bridgehead atoms. The van der Waals surface area contributed by atoms with Gasteiger partial charge >= 0.3 is 11.9 Å². The van der Waals surface area contributed by atoms with Crippen LogP contribution in [0.5, 0.6) is 0 Å². The molecule has 4 nitrogen and oxygen atoms in total. The number of carbonyl (C=O) groups excluding carboxylic acids is 2. The van der Waals surface area contributed by atoms with Crippen molar-refractivity contribution >= 4 is 11.9 Å². The van der Waals surface area contributed by atoms with Crippen LogP contribution in [0.1, 0.15) is 31.8 Å². The fourth-order valence-corrected chi connectivity index (χ4v) is 2.56. The lowest BCUT2D eigenvalue weighted by Crippen LogP contribution is -2.08. The van der Waals surface area contributed by atoms with E-state index in [0.717, 1.165) is 12.1 Å². The summed E-state index contributed by atoms with van der Waals surface area (Å²) < 4.78 is 37.2. The molecule has 0 radical (unpaired) electrons. The highest BCUT2D eigenvalue weighted by atomic mass is 19.1. The molecule has 0 amide bonds. The first-order valence-corrected chi connectivity index (χ1v) is 7.07. The molecular weight excluding hydrogens is 318 g/mol. The van der Waals surface area contributed by atoms with E-state index in [1.54, 1.807) is 13.8 Å². The van der Waals surface area contributed by atoms with Gasteiger partial charge < -0.3 is 9.47 Å². The van der Waals surface area contributed by atoms with E-state index in [9.17, 15) is 18.4 Å².